The third kappa shape index (κ3) is 2.25. The predicted molar refractivity (Wildman–Crippen MR) is 47.9 cm³/mol. The first-order chi connectivity index (χ1) is 5.71. The molecule has 2 heteroatoms. The molecule has 0 heterocycles. The molecule has 0 N–H and O–H groups in total. The number of allylic oxidation sites excluding steroid dienone is 4. The molecule has 0 fully saturated rings. The van der Waals surface area contributed by atoms with Gasteiger partial charge in [-0.2, -0.15) is 10.5 Å². The standard InChI is InChI=1S/C10H12N2/c1-4-9(7-12)10(5-2)8(3)6-11/h4-5,8H,1-3H3. The number of rotatable bonds is 2. The van der Waals surface area contributed by atoms with Crippen LogP contribution in [0.25, 0.3) is 0 Å². The van der Waals surface area contributed by atoms with Crippen LogP contribution in [0.3, 0.4) is 0 Å². The van der Waals surface area contributed by atoms with E-state index in [9.17, 15) is 0 Å². The first-order valence-electron chi connectivity index (χ1n) is 3.83. The van der Waals surface area contributed by atoms with Gasteiger partial charge in [0, 0.05) is 0 Å². The Balaban J connectivity index is 4.87. The molecule has 0 aliphatic carbocycles. The molecule has 0 spiro atoms. The highest BCUT2D eigenvalue weighted by molar-refractivity contribution is 5.44. The van der Waals surface area contributed by atoms with Gasteiger partial charge in [0.1, 0.15) is 0 Å². The maximum absolute atomic E-state index is 8.70. The molecule has 0 amide bonds. The number of nitrogens with zero attached hydrogens (tertiary/aromatic N) is 2. The van der Waals surface area contributed by atoms with Crippen LogP contribution in [0, 0.1) is 28.6 Å². The van der Waals surface area contributed by atoms with E-state index < -0.39 is 0 Å². The summed E-state index contributed by atoms with van der Waals surface area (Å²) in [7, 11) is 0. The number of hydrogen-bond donors (Lipinski definition) is 0. The van der Waals surface area contributed by atoms with Crippen molar-refractivity contribution in [3.05, 3.63) is 23.3 Å². The van der Waals surface area contributed by atoms with E-state index in [0.29, 0.717) is 5.57 Å². The fourth-order valence-corrected chi connectivity index (χ4v) is 1.00. The number of hydrogen-bond acceptors (Lipinski definition) is 2. The van der Waals surface area contributed by atoms with Gasteiger partial charge in [-0.1, -0.05) is 12.2 Å². The van der Waals surface area contributed by atoms with E-state index in [0.717, 1.165) is 5.57 Å². The lowest BCUT2D eigenvalue weighted by molar-refractivity contribution is 0.893. The molecule has 0 aliphatic heterocycles. The molecule has 0 radical (unpaired) electrons. The Morgan fingerprint density at radius 1 is 1.25 bits per heavy atom. The van der Waals surface area contributed by atoms with Crippen molar-refractivity contribution in [1.82, 2.24) is 0 Å². The lowest BCUT2D eigenvalue weighted by Gasteiger charge is -2.05. The summed E-state index contributed by atoms with van der Waals surface area (Å²) in [6.45, 7) is 5.42. The molecule has 2 nitrogen and oxygen atoms in total. The summed E-state index contributed by atoms with van der Waals surface area (Å²) >= 11 is 0. The van der Waals surface area contributed by atoms with E-state index >= 15 is 0 Å². The van der Waals surface area contributed by atoms with Crippen LogP contribution in [0.5, 0.6) is 0 Å². The van der Waals surface area contributed by atoms with Crippen LogP contribution in [0.2, 0.25) is 0 Å². The zero-order valence-electron chi connectivity index (χ0n) is 7.63. The third-order valence-corrected chi connectivity index (χ3v) is 1.69. The van der Waals surface area contributed by atoms with Crippen molar-refractivity contribution >= 4 is 0 Å². The Kier molecular flexibility index (Phi) is 4.49. The van der Waals surface area contributed by atoms with Gasteiger partial charge in [-0.3, -0.25) is 0 Å². The van der Waals surface area contributed by atoms with E-state index in [4.69, 9.17) is 10.5 Å². The average Bonchev–Trinajstić information content (AvgIpc) is 2.12. The summed E-state index contributed by atoms with van der Waals surface area (Å²) in [4.78, 5) is 0. The first kappa shape index (κ1) is 10.5. The predicted octanol–water partition coefficient (Wildman–Crippen LogP) is 2.56. The largest absolute Gasteiger partial charge is 0.198 e. The lowest BCUT2D eigenvalue weighted by Crippen LogP contribution is -1.98. The topological polar surface area (TPSA) is 47.6 Å². The van der Waals surface area contributed by atoms with Gasteiger partial charge in [-0.15, -0.1) is 0 Å². The van der Waals surface area contributed by atoms with Crippen LogP contribution in [0.1, 0.15) is 20.8 Å². The van der Waals surface area contributed by atoms with E-state index in [1.165, 1.54) is 0 Å². The molecule has 0 saturated carbocycles. The molecular weight excluding hydrogens is 148 g/mol. The zero-order chi connectivity index (χ0) is 9.56. The highest BCUT2D eigenvalue weighted by atomic mass is 14.3. The van der Waals surface area contributed by atoms with Crippen molar-refractivity contribution in [3.8, 4) is 12.1 Å². The Hall–Kier alpha value is -1.54. The highest BCUT2D eigenvalue weighted by Gasteiger charge is 2.10. The van der Waals surface area contributed by atoms with Crippen molar-refractivity contribution < 1.29 is 0 Å². The second-order valence-corrected chi connectivity index (χ2v) is 2.41. The van der Waals surface area contributed by atoms with Crippen molar-refractivity contribution in [2.24, 2.45) is 5.92 Å². The number of nitriles is 2. The van der Waals surface area contributed by atoms with E-state index in [-0.39, 0.29) is 5.92 Å². The monoisotopic (exact) mass is 160 g/mol. The Bertz CT molecular complexity index is 284. The van der Waals surface area contributed by atoms with Gasteiger partial charge in [0.15, 0.2) is 0 Å². The van der Waals surface area contributed by atoms with E-state index in [1.807, 2.05) is 13.0 Å². The minimum absolute atomic E-state index is 0.208. The van der Waals surface area contributed by atoms with Crippen molar-refractivity contribution in [2.75, 3.05) is 0 Å². The van der Waals surface area contributed by atoms with Gasteiger partial charge >= 0.3 is 0 Å². The molecule has 62 valence electrons. The average molecular weight is 160 g/mol. The van der Waals surface area contributed by atoms with Crippen molar-refractivity contribution in [3.63, 3.8) is 0 Å². The molecule has 0 aromatic carbocycles. The van der Waals surface area contributed by atoms with Crippen LogP contribution >= 0.6 is 0 Å². The van der Waals surface area contributed by atoms with Crippen LogP contribution in [-0.4, -0.2) is 0 Å². The summed E-state index contributed by atoms with van der Waals surface area (Å²) < 4.78 is 0. The smallest absolute Gasteiger partial charge is 0.0991 e. The quantitative estimate of drug-likeness (QED) is 0.460. The van der Waals surface area contributed by atoms with E-state index in [2.05, 4.69) is 12.1 Å². The van der Waals surface area contributed by atoms with Gasteiger partial charge in [-0.05, 0) is 26.3 Å². The summed E-state index contributed by atoms with van der Waals surface area (Å²) in [6.07, 6.45) is 3.54. The van der Waals surface area contributed by atoms with Crippen LogP contribution in [0.15, 0.2) is 23.3 Å². The van der Waals surface area contributed by atoms with Gasteiger partial charge < -0.3 is 0 Å². The third-order valence-electron chi connectivity index (χ3n) is 1.69. The Morgan fingerprint density at radius 3 is 2.08 bits per heavy atom. The van der Waals surface area contributed by atoms with Gasteiger partial charge in [0.25, 0.3) is 0 Å². The molecule has 1 unspecified atom stereocenters. The summed E-state index contributed by atoms with van der Waals surface area (Å²) in [5.41, 5.74) is 1.40. The molecule has 0 aromatic rings. The first-order valence-corrected chi connectivity index (χ1v) is 3.83. The Labute approximate surface area is 73.4 Å². The molecule has 0 bridgehead atoms. The maximum atomic E-state index is 8.70. The van der Waals surface area contributed by atoms with Crippen LogP contribution < -0.4 is 0 Å². The fraction of sp³-hybridized carbons (Fsp3) is 0.400. The lowest BCUT2D eigenvalue weighted by atomic mass is 9.95. The van der Waals surface area contributed by atoms with E-state index in [1.54, 1.807) is 19.9 Å². The van der Waals surface area contributed by atoms with Crippen LogP contribution in [-0.2, 0) is 0 Å². The normalized spacial score (nSPS) is 14.8. The summed E-state index contributed by atoms with van der Waals surface area (Å²) in [6, 6.07) is 4.16. The van der Waals surface area contributed by atoms with Crippen molar-refractivity contribution in [1.29, 1.82) is 10.5 Å². The van der Waals surface area contributed by atoms with Gasteiger partial charge in [0.2, 0.25) is 0 Å². The maximum Gasteiger partial charge on any atom is 0.0991 e. The minimum Gasteiger partial charge on any atom is -0.198 e. The fourth-order valence-electron chi connectivity index (χ4n) is 1.00. The Morgan fingerprint density at radius 2 is 1.83 bits per heavy atom. The molecule has 0 rings (SSSR count). The second-order valence-electron chi connectivity index (χ2n) is 2.41. The summed E-state index contributed by atoms with van der Waals surface area (Å²) in [5, 5.41) is 17.4. The molecule has 0 saturated heterocycles. The summed E-state index contributed by atoms with van der Waals surface area (Å²) in [5.74, 6) is -0.208. The SMILES string of the molecule is CC=C(C#N)C(=CC)C(C)C#N. The zero-order valence-corrected chi connectivity index (χ0v) is 7.63. The second kappa shape index (κ2) is 5.16. The van der Waals surface area contributed by atoms with Gasteiger partial charge in [-0.25, -0.2) is 0 Å². The molecular formula is C10H12N2. The molecule has 0 aromatic heterocycles. The molecule has 0 aliphatic rings. The highest BCUT2D eigenvalue weighted by Crippen LogP contribution is 2.18. The van der Waals surface area contributed by atoms with Gasteiger partial charge in [0.05, 0.1) is 23.6 Å². The van der Waals surface area contributed by atoms with Crippen LogP contribution in [0.4, 0.5) is 0 Å². The van der Waals surface area contributed by atoms with Crippen molar-refractivity contribution in [2.45, 2.75) is 20.8 Å². The molecule has 1 atom stereocenters. The molecule has 12 heavy (non-hydrogen) atoms. The minimum atomic E-state index is -0.208.